The number of amides is 2. The van der Waals surface area contributed by atoms with E-state index >= 15 is 0 Å². The van der Waals surface area contributed by atoms with Gasteiger partial charge in [-0.3, -0.25) is 9.59 Å². The van der Waals surface area contributed by atoms with Gasteiger partial charge in [-0.2, -0.15) is 0 Å². The maximum absolute atomic E-state index is 12.9. The highest BCUT2D eigenvalue weighted by Gasteiger charge is 2.31. The Hall–Kier alpha value is -2.24. The summed E-state index contributed by atoms with van der Waals surface area (Å²) in [5.41, 5.74) is 0.619. The van der Waals surface area contributed by atoms with Crippen LogP contribution < -0.4 is 9.47 Å². The van der Waals surface area contributed by atoms with Gasteiger partial charge in [0.15, 0.2) is 11.5 Å². The predicted octanol–water partition coefficient (Wildman–Crippen LogP) is 2.32. The Balaban J connectivity index is 1.41. The van der Waals surface area contributed by atoms with Gasteiger partial charge < -0.3 is 19.3 Å². The number of hydrogen-bond donors (Lipinski definition) is 0. The van der Waals surface area contributed by atoms with Crippen LogP contribution in [0.5, 0.6) is 11.5 Å². The lowest BCUT2D eigenvalue weighted by molar-refractivity contribution is -0.138. The van der Waals surface area contributed by atoms with Gasteiger partial charge in [0.1, 0.15) is 0 Å². The minimum absolute atomic E-state index is 0.00131. The van der Waals surface area contributed by atoms with E-state index in [1.54, 1.807) is 12.1 Å². The topological polar surface area (TPSA) is 59.1 Å². The number of hydrogen-bond acceptors (Lipinski definition) is 4. The molecule has 0 N–H and O–H groups in total. The summed E-state index contributed by atoms with van der Waals surface area (Å²) in [4.78, 5) is 29.2. The van der Waals surface area contributed by atoms with Crippen LogP contribution in [-0.4, -0.2) is 61.0 Å². The van der Waals surface area contributed by atoms with Crippen molar-refractivity contribution in [3.05, 3.63) is 23.8 Å². The third-order valence-corrected chi connectivity index (χ3v) is 5.54. The Morgan fingerprint density at radius 3 is 2.35 bits per heavy atom. The second-order valence-electron chi connectivity index (χ2n) is 7.31. The molecule has 26 heavy (non-hydrogen) atoms. The summed E-state index contributed by atoms with van der Waals surface area (Å²) in [5, 5.41) is 0. The summed E-state index contributed by atoms with van der Waals surface area (Å²) >= 11 is 0. The molecule has 6 heteroatoms. The van der Waals surface area contributed by atoms with Crippen molar-refractivity contribution in [2.75, 3.05) is 39.4 Å². The Morgan fingerprint density at radius 1 is 0.846 bits per heavy atom. The molecule has 0 unspecified atom stereocenters. The number of fused-ring (bicyclic) bond motifs is 1. The first-order chi connectivity index (χ1) is 12.7. The highest BCUT2D eigenvalue weighted by Crippen LogP contribution is 2.31. The van der Waals surface area contributed by atoms with E-state index in [4.69, 9.17) is 9.47 Å². The van der Waals surface area contributed by atoms with Gasteiger partial charge in [0.25, 0.3) is 5.91 Å². The summed E-state index contributed by atoms with van der Waals surface area (Å²) in [6, 6.07) is 5.40. The van der Waals surface area contributed by atoms with E-state index in [-0.39, 0.29) is 17.7 Å². The van der Waals surface area contributed by atoms with Gasteiger partial charge in [-0.25, -0.2) is 0 Å². The number of nitrogens with zero attached hydrogens (tertiary/aromatic N) is 2. The molecule has 0 aromatic heterocycles. The largest absolute Gasteiger partial charge is 0.490 e. The SMILES string of the molecule is O=C(c1ccc2c(c1)OCCCO2)N1CCCN(C(=O)C2CCC2)CC1. The number of rotatable bonds is 2. The van der Waals surface area contributed by atoms with Crippen molar-refractivity contribution in [3.8, 4) is 11.5 Å². The van der Waals surface area contributed by atoms with Crippen LogP contribution in [0.15, 0.2) is 18.2 Å². The molecular weight excluding hydrogens is 332 g/mol. The molecule has 1 saturated carbocycles. The summed E-state index contributed by atoms with van der Waals surface area (Å²) < 4.78 is 11.3. The number of carbonyl (C=O) groups is 2. The fourth-order valence-electron chi connectivity index (χ4n) is 3.73. The fraction of sp³-hybridized carbons (Fsp3) is 0.600. The zero-order valence-corrected chi connectivity index (χ0v) is 15.1. The average Bonchev–Trinajstić information content (AvgIpc) is 2.99. The monoisotopic (exact) mass is 358 g/mol. The van der Waals surface area contributed by atoms with Gasteiger partial charge >= 0.3 is 0 Å². The molecule has 0 spiro atoms. The lowest BCUT2D eigenvalue weighted by atomic mass is 9.84. The average molecular weight is 358 g/mol. The molecular formula is C20H26N2O4. The summed E-state index contributed by atoms with van der Waals surface area (Å²) in [6.07, 6.45) is 4.88. The third kappa shape index (κ3) is 3.50. The van der Waals surface area contributed by atoms with Crippen LogP contribution in [0.25, 0.3) is 0 Å². The van der Waals surface area contributed by atoms with E-state index < -0.39 is 0 Å². The van der Waals surface area contributed by atoms with Crippen molar-refractivity contribution >= 4 is 11.8 Å². The van der Waals surface area contributed by atoms with Gasteiger partial charge in [0.05, 0.1) is 13.2 Å². The third-order valence-electron chi connectivity index (χ3n) is 5.54. The van der Waals surface area contributed by atoms with Gasteiger partial charge in [0, 0.05) is 44.1 Å². The Morgan fingerprint density at radius 2 is 1.58 bits per heavy atom. The first-order valence-electron chi connectivity index (χ1n) is 9.70. The van der Waals surface area contributed by atoms with Gasteiger partial charge in [-0.05, 0) is 37.5 Å². The van der Waals surface area contributed by atoms with Crippen molar-refractivity contribution in [3.63, 3.8) is 0 Å². The van der Waals surface area contributed by atoms with Crippen LogP contribution in [0.2, 0.25) is 0 Å². The molecule has 140 valence electrons. The first kappa shape index (κ1) is 17.2. The van der Waals surface area contributed by atoms with Gasteiger partial charge in [-0.1, -0.05) is 6.42 Å². The van der Waals surface area contributed by atoms with Crippen LogP contribution in [0, 0.1) is 5.92 Å². The molecule has 6 nitrogen and oxygen atoms in total. The quantitative estimate of drug-likeness (QED) is 0.814. The fourth-order valence-corrected chi connectivity index (χ4v) is 3.73. The van der Waals surface area contributed by atoms with Gasteiger partial charge in [0.2, 0.25) is 5.91 Å². The molecule has 1 saturated heterocycles. The van der Waals surface area contributed by atoms with E-state index in [1.807, 2.05) is 15.9 Å². The molecule has 2 aliphatic heterocycles. The van der Waals surface area contributed by atoms with E-state index in [9.17, 15) is 9.59 Å². The molecule has 3 aliphatic rings. The van der Waals surface area contributed by atoms with Crippen molar-refractivity contribution in [2.45, 2.75) is 32.1 Å². The lowest BCUT2D eigenvalue weighted by Crippen LogP contribution is -2.41. The van der Waals surface area contributed by atoms with Crippen LogP contribution in [-0.2, 0) is 4.79 Å². The molecule has 1 aromatic rings. The zero-order valence-electron chi connectivity index (χ0n) is 15.1. The van der Waals surface area contributed by atoms with Crippen molar-refractivity contribution in [2.24, 2.45) is 5.92 Å². The van der Waals surface area contributed by atoms with E-state index in [2.05, 4.69) is 0 Å². The standard InChI is InChI=1S/C20H26N2O4/c23-19(15-4-1-5-15)21-8-2-9-22(11-10-21)20(24)16-6-7-17-18(14-16)26-13-3-12-25-17/h6-7,14-15H,1-5,8-13H2. The van der Waals surface area contributed by atoms with Crippen LogP contribution in [0.3, 0.4) is 0 Å². The van der Waals surface area contributed by atoms with Crippen molar-refractivity contribution < 1.29 is 19.1 Å². The predicted molar refractivity (Wildman–Crippen MR) is 96.5 cm³/mol. The maximum Gasteiger partial charge on any atom is 0.254 e. The number of carbonyl (C=O) groups excluding carboxylic acids is 2. The van der Waals surface area contributed by atoms with Crippen LogP contribution in [0.4, 0.5) is 0 Å². The van der Waals surface area contributed by atoms with Crippen LogP contribution in [0.1, 0.15) is 42.5 Å². The molecule has 4 rings (SSSR count). The number of benzene rings is 1. The van der Waals surface area contributed by atoms with Crippen molar-refractivity contribution in [1.29, 1.82) is 0 Å². The normalized spacial score (nSPS) is 20.8. The molecule has 0 bridgehead atoms. The molecule has 1 aliphatic carbocycles. The summed E-state index contributed by atoms with van der Waals surface area (Å²) in [6.45, 7) is 3.89. The van der Waals surface area contributed by atoms with Gasteiger partial charge in [-0.15, -0.1) is 0 Å². The highest BCUT2D eigenvalue weighted by molar-refractivity contribution is 5.95. The molecule has 0 atom stereocenters. The second-order valence-corrected chi connectivity index (χ2v) is 7.31. The van der Waals surface area contributed by atoms with E-state index in [0.29, 0.717) is 49.9 Å². The lowest BCUT2D eigenvalue weighted by Gasteiger charge is -2.31. The Labute approximate surface area is 154 Å². The molecule has 2 fully saturated rings. The summed E-state index contributed by atoms with van der Waals surface area (Å²) in [5.74, 6) is 1.84. The molecule has 2 amide bonds. The molecule has 0 radical (unpaired) electrons. The Kier molecular flexibility index (Phi) is 5.00. The highest BCUT2D eigenvalue weighted by atomic mass is 16.5. The minimum Gasteiger partial charge on any atom is -0.490 e. The van der Waals surface area contributed by atoms with Crippen molar-refractivity contribution in [1.82, 2.24) is 9.80 Å². The van der Waals surface area contributed by atoms with Crippen LogP contribution >= 0.6 is 0 Å². The smallest absolute Gasteiger partial charge is 0.254 e. The molecule has 2 heterocycles. The maximum atomic E-state index is 12.9. The van der Waals surface area contributed by atoms with E-state index in [1.165, 1.54) is 6.42 Å². The molecule has 1 aromatic carbocycles. The minimum atomic E-state index is -0.00131. The second kappa shape index (κ2) is 7.56. The van der Waals surface area contributed by atoms with E-state index in [0.717, 1.165) is 32.2 Å². The number of ether oxygens (including phenoxy) is 2. The zero-order chi connectivity index (χ0) is 17.9. The first-order valence-corrected chi connectivity index (χ1v) is 9.70. The summed E-state index contributed by atoms with van der Waals surface area (Å²) in [7, 11) is 0. The Bertz CT molecular complexity index is 686.